The minimum atomic E-state index is 0.394. The third-order valence-corrected chi connectivity index (χ3v) is 5.30. The lowest BCUT2D eigenvalue weighted by atomic mass is 10.0. The molecule has 0 aliphatic carbocycles. The highest BCUT2D eigenvalue weighted by Crippen LogP contribution is 2.32. The van der Waals surface area contributed by atoms with E-state index in [1.807, 2.05) is 6.07 Å². The van der Waals surface area contributed by atoms with Gasteiger partial charge in [0.1, 0.15) is 4.34 Å². The molecule has 4 heteroatoms. The van der Waals surface area contributed by atoms with Crippen molar-refractivity contribution in [2.45, 2.75) is 25.9 Å². The lowest BCUT2D eigenvalue weighted by Crippen LogP contribution is -2.19. The molecule has 0 amide bonds. The van der Waals surface area contributed by atoms with Gasteiger partial charge < -0.3 is 5.32 Å². The summed E-state index contributed by atoms with van der Waals surface area (Å²) >= 11 is 11.1. The van der Waals surface area contributed by atoms with Gasteiger partial charge >= 0.3 is 0 Å². The average molecular weight is 345 g/mol. The van der Waals surface area contributed by atoms with Crippen LogP contribution in [0.2, 0.25) is 4.34 Å². The maximum Gasteiger partial charge on any atom is 0.107 e. The SMILES string of the molecule is CCC(NCc1cc(Br)c(Cl)s1)c1ccccc1. The van der Waals surface area contributed by atoms with Gasteiger partial charge in [0.25, 0.3) is 0 Å². The quantitative estimate of drug-likeness (QED) is 0.765. The molecule has 0 saturated heterocycles. The molecule has 0 bridgehead atoms. The van der Waals surface area contributed by atoms with E-state index in [1.54, 1.807) is 11.3 Å². The molecule has 1 N–H and O–H groups in total. The Morgan fingerprint density at radius 2 is 2.06 bits per heavy atom. The van der Waals surface area contributed by atoms with Crippen molar-refractivity contribution < 1.29 is 0 Å². The molecule has 0 aliphatic heterocycles. The second-order valence-electron chi connectivity index (χ2n) is 4.09. The average Bonchev–Trinajstić information content (AvgIpc) is 2.71. The molecule has 1 unspecified atom stereocenters. The van der Waals surface area contributed by atoms with E-state index in [0.717, 1.165) is 21.8 Å². The monoisotopic (exact) mass is 343 g/mol. The smallest absolute Gasteiger partial charge is 0.107 e. The van der Waals surface area contributed by atoms with Gasteiger partial charge in [0, 0.05) is 21.9 Å². The normalized spacial score (nSPS) is 12.6. The Labute approximate surface area is 125 Å². The fraction of sp³-hybridized carbons (Fsp3) is 0.286. The topological polar surface area (TPSA) is 12.0 Å². The van der Waals surface area contributed by atoms with E-state index in [9.17, 15) is 0 Å². The molecule has 96 valence electrons. The molecule has 1 heterocycles. The van der Waals surface area contributed by atoms with Gasteiger partial charge in [-0.1, -0.05) is 48.9 Å². The van der Waals surface area contributed by atoms with Crippen LogP contribution in [0.5, 0.6) is 0 Å². The molecule has 18 heavy (non-hydrogen) atoms. The Bertz CT molecular complexity index is 478. The van der Waals surface area contributed by atoms with E-state index in [1.165, 1.54) is 10.4 Å². The van der Waals surface area contributed by atoms with Gasteiger partial charge in [-0.15, -0.1) is 11.3 Å². The molecule has 1 atom stereocenters. The van der Waals surface area contributed by atoms with Crippen LogP contribution in [0.1, 0.15) is 29.8 Å². The zero-order valence-corrected chi connectivity index (χ0v) is 13.3. The summed E-state index contributed by atoms with van der Waals surface area (Å²) in [4.78, 5) is 1.25. The first-order chi connectivity index (χ1) is 8.70. The molecule has 0 radical (unpaired) electrons. The summed E-state index contributed by atoms with van der Waals surface area (Å²) in [6.07, 6.45) is 1.07. The number of halogens is 2. The standard InChI is InChI=1S/C14H15BrClNS/c1-2-13(10-6-4-3-5-7-10)17-9-11-8-12(15)14(16)18-11/h3-8,13,17H,2,9H2,1H3. The highest BCUT2D eigenvalue weighted by molar-refractivity contribution is 9.10. The predicted octanol–water partition coefficient (Wildman–Crippen LogP) is 5.40. The Morgan fingerprint density at radius 1 is 1.33 bits per heavy atom. The molecule has 1 aromatic heterocycles. The maximum absolute atomic E-state index is 6.04. The largest absolute Gasteiger partial charge is 0.305 e. The van der Waals surface area contributed by atoms with Crippen molar-refractivity contribution in [3.63, 3.8) is 0 Å². The number of hydrogen-bond donors (Lipinski definition) is 1. The van der Waals surface area contributed by atoms with Crippen molar-refractivity contribution >= 4 is 38.9 Å². The van der Waals surface area contributed by atoms with E-state index >= 15 is 0 Å². The van der Waals surface area contributed by atoms with Crippen LogP contribution in [0.25, 0.3) is 0 Å². The lowest BCUT2D eigenvalue weighted by molar-refractivity contribution is 0.522. The van der Waals surface area contributed by atoms with Crippen molar-refractivity contribution in [3.8, 4) is 0 Å². The predicted molar refractivity (Wildman–Crippen MR) is 83.3 cm³/mol. The van der Waals surface area contributed by atoms with Gasteiger partial charge in [-0.3, -0.25) is 0 Å². The van der Waals surface area contributed by atoms with E-state index < -0.39 is 0 Å². The molecular formula is C14H15BrClNS. The molecule has 0 spiro atoms. The third-order valence-electron chi connectivity index (χ3n) is 2.83. The zero-order chi connectivity index (χ0) is 13.0. The van der Waals surface area contributed by atoms with Gasteiger partial charge in [0.15, 0.2) is 0 Å². The summed E-state index contributed by atoms with van der Waals surface area (Å²) in [6, 6.07) is 13.0. The summed E-state index contributed by atoms with van der Waals surface area (Å²) in [6.45, 7) is 3.05. The summed E-state index contributed by atoms with van der Waals surface area (Å²) in [5.41, 5.74) is 1.33. The number of thiophene rings is 1. The highest BCUT2D eigenvalue weighted by Gasteiger charge is 2.10. The first-order valence-corrected chi connectivity index (χ1v) is 7.91. The van der Waals surface area contributed by atoms with E-state index in [0.29, 0.717) is 6.04 Å². The van der Waals surface area contributed by atoms with Gasteiger partial charge in [-0.05, 0) is 34.0 Å². The van der Waals surface area contributed by atoms with E-state index in [-0.39, 0.29) is 0 Å². The molecule has 1 aromatic carbocycles. The Morgan fingerprint density at radius 3 is 2.61 bits per heavy atom. The summed E-state index contributed by atoms with van der Waals surface area (Å²) < 4.78 is 1.80. The van der Waals surface area contributed by atoms with Crippen molar-refractivity contribution in [1.82, 2.24) is 5.32 Å². The molecule has 0 fully saturated rings. The highest BCUT2D eigenvalue weighted by atomic mass is 79.9. The molecule has 0 aliphatic rings. The molecule has 2 aromatic rings. The van der Waals surface area contributed by atoms with Crippen LogP contribution < -0.4 is 5.32 Å². The van der Waals surface area contributed by atoms with Crippen LogP contribution in [0.3, 0.4) is 0 Å². The Hall–Kier alpha value is -0.350. The fourth-order valence-electron chi connectivity index (χ4n) is 1.89. The Kier molecular flexibility index (Phi) is 5.25. The third kappa shape index (κ3) is 3.58. The first kappa shape index (κ1) is 14.1. The second kappa shape index (κ2) is 6.71. The van der Waals surface area contributed by atoms with Crippen molar-refractivity contribution in [1.29, 1.82) is 0 Å². The molecular weight excluding hydrogens is 330 g/mol. The Balaban J connectivity index is 1.99. The van der Waals surface area contributed by atoms with Gasteiger partial charge in [-0.25, -0.2) is 0 Å². The second-order valence-corrected chi connectivity index (χ2v) is 6.68. The van der Waals surface area contributed by atoms with Crippen LogP contribution in [0.4, 0.5) is 0 Å². The van der Waals surface area contributed by atoms with Crippen molar-refractivity contribution in [2.24, 2.45) is 0 Å². The van der Waals surface area contributed by atoms with Crippen LogP contribution in [-0.2, 0) is 6.54 Å². The van der Waals surface area contributed by atoms with Crippen LogP contribution in [0.15, 0.2) is 40.9 Å². The number of hydrogen-bond acceptors (Lipinski definition) is 2. The van der Waals surface area contributed by atoms with E-state index in [4.69, 9.17) is 11.6 Å². The van der Waals surface area contributed by atoms with Crippen molar-refractivity contribution in [3.05, 3.63) is 55.6 Å². The van der Waals surface area contributed by atoms with Crippen molar-refractivity contribution in [2.75, 3.05) is 0 Å². The summed E-state index contributed by atoms with van der Waals surface area (Å²) in [5, 5.41) is 3.57. The maximum atomic E-state index is 6.04. The summed E-state index contributed by atoms with van der Waals surface area (Å²) in [5.74, 6) is 0. The van der Waals surface area contributed by atoms with E-state index in [2.05, 4.69) is 58.5 Å². The number of benzene rings is 1. The van der Waals surface area contributed by atoms with Crippen LogP contribution in [-0.4, -0.2) is 0 Å². The lowest BCUT2D eigenvalue weighted by Gasteiger charge is -2.16. The van der Waals surface area contributed by atoms with Gasteiger partial charge in [0.05, 0.1) is 0 Å². The fourth-order valence-corrected chi connectivity index (χ4v) is 3.63. The minimum Gasteiger partial charge on any atom is -0.305 e. The van der Waals surface area contributed by atoms with Crippen LogP contribution >= 0.6 is 38.9 Å². The minimum absolute atomic E-state index is 0.394. The molecule has 0 saturated carbocycles. The molecule has 1 nitrogen and oxygen atoms in total. The van der Waals surface area contributed by atoms with Gasteiger partial charge in [0.2, 0.25) is 0 Å². The first-order valence-electron chi connectivity index (χ1n) is 5.92. The zero-order valence-electron chi connectivity index (χ0n) is 10.1. The molecule has 2 rings (SSSR count). The summed E-state index contributed by atoms with van der Waals surface area (Å²) in [7, 11) is 0. The number of rotatable bonds is 5. The van der Waals surface area contributed by atoms with Crippen LogP contribution in [0, 0.1) is 0 Å². The number of nitrogens with one attached hydrogen (secondary N) is 1. The van der Waals surface area contributed by atoms with Gasteiger partial charge in [-0.2, -0.15) is 0 Å².